The molecule has 0 aliphatic heterocycles. The van der Waals surface area contributed by atoms with Gasteiger partial charge in [-0.1, -0.05) is 11.3 Å². The van der Waals surface area contributed by atoms with Crippen LogP contribution in [0.5, 0.6) is 0 Å². The molecule has 96 valence electrons. The summed E-state index contributed by atoms with van der Waals surface area (Å²) in [5.41, 5.74) is 0. The van der Waals surface area contributed by atoms with E-state index < -0.39 is 10.0 Å². The molecule has 0 aliphatic rings. The molecule has 1 aromatic rings. The van der Waals surface area contributed by atoms with Crippen LogP contribution in [-0.4, -0.2) is 44.7 Å². The molecule has 0 aromatic carbocycles. The first-order valence-electron chi connectivity index (χ1n) is 4.97. The van der Waals surface area contributed by atoms with Gasteiger partial charge in [0.05, 0.1) is 6.20 Å². The number of primary sulfonamides is 1. The predicted molar refractivity (Wildman–Crippen MR) is 65.6 cm³/mol. The minimum absolute atomic E-state index is 0.0755. The summed E-state index contributed by atoms with van der Waals surface area (Å²) in [5.74, 6) is -0.147. The van der Waals surface area contributed by atoms with E-state index in [1.165, 1.54) is 0 Å². The van der Waals surface area contributed by atoms with E-state index in [1.807, 2.05) is 19.0 Å². The predicted octanol–water partition coefficient (Wildman–Crippen LogP) is 0.315. The molecule has 6 nitrogen and oxygen atoms in total. The molecular formula is C9H15N3O3S2. The van der Waals surface area contributed by atoms with Crippen molar-refractivity contribution in [3.05, 3.63) is 11.2 Å². The van der Waals surface area contributed by atoms with Crippen molar-refractivity contribution in [3.8, 4) is 0 Å². The molecule has 2 N–H and O–H groups in total. The zero-order chi connectivity index (χ0) is 13.1. The molecule has 0 saturated heterocycles. The van der Waals surface area contributed by atoms with Gasteiger partial charge in [0.25, 0.3) is 0 Å². The van der Waals surface area contributed by atoms with Crippen LogP contribution >= 0.6 is 11.3 Å². The van der Waals surface area contributed by atoms with Crippen molar-refractivity contribution in [2.24, 2.45) is 5.14 Å². The SMILES string of the molecule is CN(C)CCCC(=O)c1ncc(S(N)(=O)=O)s1. The Bertz CT molecular complexity index is 493. The third kappa shape index (κ3) is 4.50. The lowest BCUT2D eigenvalue weighted by Gasteiger charge is -2.07. The van der Waals surface area contributed by atoms with E-state index in [0.717, 1.165) is 30.5 Å². The number of carbonyl (C=O) groups is 1. The number of rotatable bonds is 6. The van der Waals surface area contributed by atoms with E-state index in [4.69, 9.17) is 5.14 Å². The highest BCUT2D eigenvalue weighted by molar-refractivity contribution is 7.91. The van der Waals surface area contributed by atoms with Crippen LogP contribution in [0.1, 0.15) is 22.6 Å². The largest absolute Gasteiger partial charge is 0.309 e. The number of sulfonamides is 1. The summed E-state index contributed by atoms with van der Waals surface area (Å²) in [5, 5.41) is 5.14. The van der Waals surface area contributed by atoms with Crippen LogP contribution in [0.3, 0.4) is 0 Å². The Kier molecular flexibility index (Phi) is 4.75. The maximum atomic E-state index is 11.7. The first-order chi connectivity index (χ1) is 7.80. The highest BCUT2D eigenvalue weighted by Crippen LogP contribution is 2.18. The summed E-state index contributed by atoms with van der Waals surface area (Å²) >= 11 is 0.820. The smallest absolute Gasteiger partial charge is 0.249 e. The molecular weight excluding hydrogens is 262 g/mol. The lowest BCUT2D eigenvalue weighted by molar-refractivity contribution is 0.0977. The quantitative estimate of drug-likeness (QED) is 0.756. The van der Waals surface area contributed by atoms with Gasteiger partial charge in [-0.2, -0.15) is 0 Å². The van der Waals surface area contributed by atoms with Crippen molar-refractivity contribution < 1.29 is 13.2 Å². The van der Waals surface area contributed by atoms with E-state index in [2.05, 4.69) is 4.98 Å². The average molecular weight is 277 g/mol. The van der Waals surface area contributed by atoms with E-state index in [1.54, 1.807) is 0 Å². The molecule has 0 unspecified atom stereocenters. The van der Waals surface area contributed by atoms with Gasteiger partial charge in [-0.25, -0.2) is 18.5 Å². The van der Waals surface area contributed by atoms with Gasteiger partial charge in [-0.15, -0.1) is 0 Å². The Morgan fingerprint density at radius 1 is 1.53 bits per heavy atom. The molecule has 1 rings (SSSR count). The second-order valence-corrected chi connectivity index (χ2v) is 6.68. The third-order valence-electron chi connectivity index (χ3n) is 2.01. The number of aromatic nitrogens is 1. The number of ketones is 1. The standard InChI is InChI=1S/C9H15N3O3S2/c1-12(2)5-3-4-7(13)9-11-6-8(16-9)17(10,14)15/h6H,3-5H2,1-2H3,(H2,10,14,15). The maximum absolute atomic E-state index is 11.7. The van der Waals surface area contributed by atoms with E-state index >= 15 is 0 Å². The Morgan fingerprint density at radius 3 is 2.65 bits per heavy atom. The molecule has 1 heterocycles. The van der Waals surface area contributed by atoms with Crippen molar-refractivity contribution in [1.82, 2.24) is 9.88 Å². The second-order valence-electron chi connectivity index (χ2n) is 3.86. The summed E-state index contributed by atoms with van der Waals surface area (Å²) in [6.45, 7) is 0.805. The lowest BCUT2D eigenvalue weighted by atomic mass is 10.2. The Hall–Kier alpha value is -0.830. The Morgan fingerprint density at radius 2 is 2.18 bits per heavy atom. The highest BCUT2D eigenvalue weighted by Gasteiger charge is 2.16. The van der Waals surface area contributed by atoms with Gasteiger partial charge in [-0.05, 0) is 27.1 Å². The van der Waals surface area contributed by atoms with E-state index in [0.29, 0.717) is 6.42 Å². The van der Waals surface area contributed by atoms with Gasteiger partial charge in [0, 0.05) is 6.42 Å². The van der Waals surface area contributed by atoms with Crippen molar-refractivity contribution in [2.45, 2.75) is 17.1 Å². The fourth-order valence-corrected chi connectivity index (χ4v) is 2.70. The van der Waals surface area contributed by atoms with Crippen LogP contribution in [0.25, 0.3) is 0 Å². The van der Waals surface area contributed by atoms with E-state index in [9.17, 15) is 13.2 Å². The minimum Gasteiger partial charge on any atom is -0.309 e. The van der Waals surface area contributed by atoms with Gasteiger partial charge in [-0.3, -0.25) is 4.79 Å². The molecule has 0 spiro atoms. The van der Waals surface area contributed by atoms with E-state index in [-0.39, 0.29) is 15.0 Å². The zero-order valence-corrected chi connectivity index (χ0v) is 11.3. The number of hydrogen-bond donors (Lipinski definition) is 1. The maximum Gasteiger partial charge on any atom is 0.249 e. The fraction of sp³-hybridized carbons (Fsp3) is 0.556. The monoisotopic (exact) mass is 277 g/mol. The zero-order valence-electron chi connectivity index (χ0n) is 9.71. The third-order valence-corrected chi connectivity index (χ3v) is 4.46. The first-order valence-corrected chi connectivity index (χ1v) is 7.33. The van der Waals surface area contributed by atoms with Crippen LogP contribution in [0, 0.1) is 0 Å². The molecule has 0 radical (unpaired) electrons. The number of nitrogens with zero attached hydrogens (tertiary/aromatic N) is 2. The average Bonchev–Trinajstić information content (AvgIpc) is 2.64. The normalized spacial score (nSPS) is 12.0. The number of nitrogens with two attached hydrogens (primary N) is 1. The molecule has 0 fully saturated rings. The number of hydrogen-bond acceptors (Lipinski definition) is 6. The number of thiazole rings is 1. The van der Waals surface area contributed by atoms with Crippen LogP contribution < -0.4 is 5.14 Å². The summed E-state index contributed by atoms with van der Waals surface area (Å²) in [7, 11) is 0.0933. The summed E-state index contributed by atoms with van der Waals surface area (Å²) in [4.78, 5) is 17.4. The van der Waals surface area contributed by atoms with Gasteiger partial charge >= 0.3 is 0 Å². The first kappa shape index (κ1) is 14.2. The highest BCUT2D eigenvalue weighted by atomic mass is 32.2. The van der Waals surface area contributed by atoms with Crippen molar-refractivity contribution in [1.29, 1.82) is 0 Å². The number of Topliss-reactive ketones (excluding diaryl/α,β-unsaturated/α-hetero) is 1. The summed E-state index contributed by atoms with van der Waals surface area (Å²) in [6.07, 6.45) is 2.20. The Balaban J connectivity index is 2.62. The Labute approximate surface area is 105 Å². The van der Waals surface area contributed by atoms with Gasteiger partial charge in [0.2, 0.25) is 10.0 Å². The van der Waals surface area contributed by atoms with Crippen LogP contribution in [0.4, 0.5) is 0 Å². The molecule has 1 aromatic heterocycles. The summed E-state index contributed by atoms with van der Waals surface area (Å²) in [6, 6.07) is 0. The molecule has 0 atom stereocenters. The topological polar surface area (TPSA) is 93.4 Å². The van der Waals surface area contributed by atoms with Gasteiger partial charge in [0.15, 0.2) is 15.0 Å². The lowest BCUT2D eigenvalue weighted by Crippen LogP contribution is -2.14. The van der Waals surface area contributed by atoms with Crippen molar-refractivity contribution >= 4 is 27.1 Å². The fourth-order valence-electron chi connectivity index (χ4n) is 1.18. The van der Waals surface area contributed by atoms with Crippen LogP contribution in [0.2, 0.25) is 0 Å². The van der Waals surface area contributed by atoms with Gasteiger partial charge in [0.1, 0.15) is 0 Å². The van der Waals surface area contributed by atoms with Crippen molar-refractivity contribution in [3.63, 3.8) is 0 Å². The summed E-state index contributed by atoms with van der Waals surface area (Å²) < 4.78 is 21.9. The van der Waals surface area contributed by atoms with Crippen LogP contribution in [0.15, 0.2) is 10.4 Å². The molecule has 0 saturated carbocycles. The molecule has 0 bridgehead atoms. The van der Waals surface area contributed by atoms with Gasteiger partial charge < -0.3 is 4.90 Å². The van der Waals surface area contributed by atoms with Crippen molar-refractivity contribution in [2.75, 3.05) is 20.6 Å². The minimum atomic E-state index is -3.75. The molecule has 8 heteroatoms. The molecule has 17 heavy (non-hydrogen) atoms. The molecule has 0 amide bonds. The number of carbonyl (C=O) groups excluding carboxylic acids is 1. The molecule has 0 aliphatic carbocycles. The second kappa shape index (κ2) is 5.67. The van der Waals surface area contributed by atoms with Crippen LogP contribution in [-0.2, 0) is 10.0 Å².